The largest absolute Gasteiger partial charge is 0.273 e. The van der Waals surface area contributed by atoms with E-state index in [1.165, 1.54) is 19.2 Å². The van der Waals surface area contributed by atoms with Crippen molar-refractivity contribution < 1.29 is 13.3 Å². The van der Waals surface area contributed by atoms with Gasteiger partial charge in [-0.3, -0.25) is 15.1 Å². The number of rotatable bonds is 5. The summed E-state index contributed by atoms with van der Waals surface area (Å²) in [6.07, 6.45) is 3.15. The number of nitro groups is 1. The first-order valence-electron chi connectivity index (χ1n) is 6.42. The Labute approximate surface area is 128 Å². The molecule has 0 N–H and O–H groups in total. The van der Waals surface area contributed by atoms with Crippen LogP contribution in [0.25, 0.3) is 0 Å². The van der Waals surface area contributed by atoms with Crippen LogP contribution in [0.1, 0.15) is 11.1 Å². The third-order valence-corrected chi connectivity index (χ3v) is 5.04. The smallest absolute Gasteiger partial charge is 0.265 e. The van der Waals surface area contributed by atoms with Crippen molar-refractivity contribution >= 4 is 15.7 Å². The molecule has 1 heterocycles. The Balaban J connectivity index is 2.34. The first kappa shape index (κ1) is 16.1. The fraction of sp³-hybridized carbons (Fsp3) is 0.214. The van der Waals surface area contributed by atoms with Crippen molar-refractivity contribution in [1.29, 1.82) is 0 Å². The van der Waals surface area contributed by atoms with Gasteiger partial charge in [-0.2, -0.15) is 4.31 Å². The molecule has 0 aliphatic heterocycles. The second-order valence-electron chi connectivity index (χ2n) is 4.82. The van der Waals surface area contributed by atoms with Crippen LogP contribution in [-0.2, 0) is 16.6 Å². The average Bonchev–Trinajstić information content (AvgIpc) is 2.48. The molecular weight excluding hydrogens is 306 g/mol. The van der Waals surface area contributed by atoms with Crippen molar-refractivity contribution in [3.63, 3.8) is 0 Å². The van der Waals surface area contributed by atoms with Crippen molar-refractivity contribution in [1.82, 2.24) is 9.29 Å². The highest BCUT2D eigenvalue weighted by atomic mass is 32.2. The van der Waals surface area contributed by atoms with Gasteiger partial charge in [0.15, 0.2) is 0 Å². The van der Waals surface area contributed by atoms with Crippen molar-refractivity contribution in [3.8, 4) is 0 Å². The van der Waals surface area contributed by atoms with Gasteiger partial charge in [0.2, 0.25) is 10.0 Å². The van der Waals surface area contributed by atoms with E-state index >= 15 is 0 Å². The Kier molecular flexibility index (Phi) is 4.53. The zero-order chi connectivity index (χ0) is 16.3. The summed E-state index contributed by atoms with van der Waals surface area (Å²) in [6, 6.07) is 7.33. The summed E-state index contributed by atoms with van der Waals surface area (Å²) < 4.78 is 26.2. The molecule has 1 aromatic heterocycles. The van der Waals surface area contributed by atoms with E-state index in [0.717, 1.165) is 15.9 Å². The van der Waals surface area contributed by atoms with Crippen LogP contribution in [0.3, 0.4) is 0 Å². The number of aryl methyl sites for hydroxylation is 1. The Morgan fingerprint density at radius 2 is 1.86 bits per heavy atom. The molecule has 22 heavy (non-hydrogen) atoms. The monoisotopic (exact) mass is 321 g/mol. The van der Waals surface area contributed by atoms with Crippen molar-refractivity contribution in [2.75, 3.05) is 7.05 Å². The minimum Gasteiger partial charge on any atom is -0.265 e. The standard InChI is InChI=1S/C14H15N3O4S/c1-11-3-4-13(9-14(11)17(18)19)22(20,21)16(2)10-12-5-7-15-8-6-12/h3-9H,10H2,1-2H3. The van der Waals surface area contributed by atoms with Gasteiger partial charge < -0.3 is 0 Å². The zero-order valence-corrected chi connectivity index (χ0v) is 12.9. The SMILES string of the molecule is Cc1ccc(S(=O)(=O)N(C)Cc2ccncc2)cc1[N+](=O)[O-]. The maximum atomic E-state index is 12.5. The normalized spacial score (nSPS) is 11.6. The molecule has 0 amide bonds. The summed E-state index contributed by atoms with van der Waals surface area (Å²) in [5.41, 5.74) is 0.988. The quantitative estimate of drug-likeness (QED) is 0.621. The second kappa shape index (κ2) is 6.20. The van der Waals surface area contributed by atoms with Crippen molar-refractivity contribution in [2.45, 2.75) is 18.4 Å². The molecule has 2 rings (SSSR count). The molecule has 0 atom stereocenters. The van der Waals surface area contributed by atoms with Gasteiger partial charge in [0.1, 0.15) is 0 Å². The predicted molar refractivity (Wildman–Crippen MR) is 80.7 cm³/mol. The van der Waals surface area contributed by atoms with Gasteiger partial charge in [0, 0.05) is 37.6 Å². The molecular formula is C14H15N3O4S. The second-order valence-corrected chi connectivity index (χ2v) is 6.87. The summed E-state index contributed by atoms with van der Waals surface area (Å²) in [4.78, 5) is 14.1. The number of nitro benzene ring substituents is 1. The van der Waals surface area contributed by atoms with Gasteiger partial charge in [-0.25, -0.2) is 8.42 Å². The molecule has 0 aliphatic rings. The van der Waals surface area contributed by atoms with Gasteiger partial charge >= 0.3 is 0 Å². The Hall–Kier alpha value is -2.32. The van der Waals surface area contributed by atoms with Gasteiger partial charge in [0.25, 0.3) is 5.69 Å². The molecule has 0 radical (unpaired) electrons. The highest BCUT2D eigenvalue weighted by Gasteiger charge is 2.24. The van der Waals surface area contributed by atoms with Gasteiger partial charge in [-0.15, -0.1) is 0 Å². The van der Waals surface area contributed by atoms with E-state index in [4.69, 9.17) is 0 Å². The van der Waals surface area contributed by atoms with E-state index in [1.807, 2.05) is 0 Å². The number of benzene rings is 1. The van der Waals surface area contributed by atoms with Crippen LogP contribution < -0.4 is 0 Å². The van der Waals surface area contributed by atoms with E-state index in [1.54, 1.807) is 31.5 Å². The van der Waals surface area contributed by atoms with Crippen molar-refractivity contribution in [3.05, 3.63) is 64.0 Å². The lowest BCUT2D eigenvalue weighted by molar-refractivity contribution is -0.385. The van der Waals surface area contributed by atoms with E-state index in [2.05, 4.69) is 4.98 Å². The highest BCUT2D eigenvalue weighted by Crippen LogP contribution is 2.24. The lowest BCUT2D eigenvalue weighted by Gasteiger charge is -2.17. The highest BCUT2D eigenvalue weighted by molar-refractivity contribution is 7.89. The maximum Gasteiger partial charge on any atom is 0.273 e. The van der Waals surface area contributed by atoms with Crippen LogP contribution in [0.5, 0.6) is 0 Å². The van der Waals surface area contributed by atoms with Crippen LogP contribution in [-0.4, -0.2) is 29.7 Å². The molecule has 0 unspecified atom stereocenters. The Morgan fingerprint density at radius 3 is 2.45 bits per heavy atom. The number of nitrogens with zero attached hydrogens (tertiary/aromatic N) is 3. The molecule has 0 aliphatic carbocycles. The number of pyridine rings is 1. The van der Waals surface area contributed by atoms with Crippen molar-refractivity contribution in [2.24, 2.45) is 0 Å². The summed E-state index contributed by atoms with van der Waals surface area (Å²) in [6.45, 7) is 1.72. The van der Waals surface area contributed by atoms with E-state index in [-0.39, 0.29) is 17.1 Å². The van der Waals surface area contributed by atoms with E-state index in [9.17, 15) is 18.5 Å². The van der Waals surface area contributed by atoms with Gasteiger partial charge in [-0.05, 0) is 30.7 Å². The first-order valence-corrected chi connectivity index (χ1v) is 7.86. The number of aromatic nitrogens is 1. The van der Waals surface area contributed by atoms with E-state index < -0.39 is 14.9 Å². The first-order chi connectivity index (χ1) is 10.3. The molecule has 0 bridgehead atoms. The minimum atomic E-state index is -3.80. The summed E-state index contributed by atoms with van der Waals surface area (Å²) in [7, 11) is -2.37. The number of hydrogen-bond donors (Lipinski definition) is 0. The molecule has 2 aromatic rings. The molecule has 0 spiro atoms. The summed E-state index contributed by atoms with van der Waals surface area (Å²) >= 11 is 0. The molecule has 8 heteroatoms. The molecule has 0 fully saturated rings. The third-order valence-electron chi connectivity index (χ3n) is 3.24. The van der Waals surface area contributed by atoms with Crippen LogP contribution in [0, 0.1) is 17.0 Å². The molecule has 7 nitrogen and oxygen atoms in total. The lowest BCUT2D eigenvalue weighted by atomic mass is 10.2. The molecule has 0 saturated carbocycles. The third kappa shape index (κ3) is 3.29. The molecule has 116 valence electrons. The maximum absolute atomic E-state index is 12.5. The van der Waals surface area contributed by atoms with E-state index in [0.29, 0.717) is 5.56 Å². The van der Waals surface area contributed by atoms with Crippen LogP contribution in [0.15, 0.2) is 47.6 Å². The molecule has 1 aromatic carbocycles. The van der Waals surface area contributed by atoms with Crippen LogP contribution in [0.2, 0.25) is 0 Å². The lowest BCUT2D eigenvalue weighted by Crippen LogP contribution is -2.26. The van der Waals surface area contributed by atoms with Crippen LogP contribution >= 0.6 is 0 Å². The average molecular weight is 321 g/mol. The Morgan fingerprint density at radius 1 is 1.23 bits per heavy atom. The molecule has 0 saturated heterocycles. The number of sulfonamides is 1. The Bertz CT molecular complexity index is 791. The summed E-state index contributed by atoms with van der Waals surface area (Å²) in [5, 5.41) is 11.0. The summed E-state index contributed by atoms with van der Waals surface area (Å²) in [5.74, 6) is 0. The van der Waals surface area contributed by atoms with Gasteiger partial charge in [0.05, 0.1) is 9.82 Å². The number of hydrogen-bond acceptors (Lipinski definition) is 5. The zero-order valence-electron chi connectivity index (χ0n) is 12.1. The predicted octanol–water partition coefficient (Wildman–Crippen LogP) is 2.12. The van der Waals surface area contributed by atoms with Crippen LogP contribution in [0.4, 0.5) is 5.69 Å². The topological polar surface area (TPSA) is 93.4 Å². The fourth-order valence-corrected chi connectivity index (χ4v) is 3.14. The minimum absolute atomic E-state index is 0.0960. The van der Waals surface area contributed by atoms with Gasteiger partial charge in [-0.1, -0.05) is 6.07 Å². The fourth-order valence-electron chi connectivity index (χ4n) is 1.96.